The lowest BCUT2D eigenvalue weighted by molar-refractivity contribution is 0.102. The van der Waals surface area contributed by atoms with Gasteiger partial charge in [-0.25, -0.2) is 4.98 Å². The molecule has 0 radical (unpaired) electrons. The highest BCUT2D eigenvalue weighted by molar-refractivity contribution is 6.07. The van der Waals surface area contributed by atoms with Crippen LogP contribution in [0.2, 0.25) is 0 Å². The van der Waals surface area contributed by atoms with Gasteiger partial charge in [0.2, 0.25) is 0 Å². The van der Waals surface area contributed by atoms with Gasteiger partial charge in [0, 0.05) is 14.1 Å². The van der Waals surface area contributed by atoms with E-state index in [0.717, 1.165) is 22.4 Å². The maximum Gasteiger partial charge on any atom is 0.259 e. The van der Waals surface area contributed by atoms with Crippen LogP contribution in [0.3, 0.4) is 0 Å². The van der Waals surface area contributed by atoms with Crippen LogP contribution in [0.25, 0.3) is 11.3 Å². The van der Waals surface area contributed by atoms with Crippen LogP contribution >= 0.6 is 0 Å². The Morgan fingerprint density at radius 2 is 1.66 bits per heavy atom. The molecule has 4 aromatic rings. The number of methoxy groups -OCH3 is 1. The number of carbonyl (C=O) groups excluding carboxylic acids is 1. The van der Waals surface area contributed by atoms with Crippen molar-refractivity contribution in [1.82, 2.24) is 10.5 Å². The molecule has 1 aliphatic rings. The molecular formula is C27H29N5O3. The molecule has 35 heavy (non-hydrogen) atoms. The van der Waals surface area contributed by atoms with Crippen LogP contribution in [0.5, 0.6) is 5.75 Å². The van der Waals surface area contributed by atoms with Gasteiger partial charge >= 0.3 is 0 Å². The van der Waals surface area contributed by atoms with Crippen LogP contribution in [0.1, 0.15) is 24.3 Å². The minimum Gasteiger partial charge on any atom is -0.495 e. The lowest BCUT2D eigenvalue weighted by Crippen LogP contribution is -2.19. The number of pyridine rings is 1. The van der Waals surface area contributed by atoms with Crippen molar-refractivity contribution in [3.05, 3.63) is 102 Å². The molecule has 1 aliphatic heterocycles. The van der Waals surface area contributed by atoms with Crippen LogP contribution in [0.4, 0.5) is 17.2 Å². The first kappa shape index (κ1) is 22.4. The Hall–Kier alpha value is -4.40. The summed E-state index contributed by atoms with van der Waals surface area (Å²) in [5, 5.41) is 2.95. The van der Waals surface area contributed by atoms with Crippen molar-refractivity contribution in [2.45, 2.75) is 13.2 Å². The zero-order chi connectivity index (χ0) is 24.0. The summed E-state index contributed by atoms with van der Waals surface area (Å²) in [5.74, 6) is 0.869. The Morgan fingerprint density at radius 1 is 0.886 bits per heavy atom. The first-order chi connectivity index (χ1) is 17.2. The van der Waals surface area contributed by atoms with E-state index in [-0.39, 0.29) is 8.76 Å². The fourth-order valence-electron chi connectivity index (χ4n) is 3.84. The van der Waals surface area contributed by atoms with Crippen LogP contribution in [-0.2, 0) is 18.0 Å². The molecule has 0 atom stereocenters. The monoisotopic (exact) mass is 471 g/mol. The molecule has 8 nitrogen and oxygen atoms in total. The number of hydrogen-bond acceptors (Lipinski definition) is 7. The van der Waals surface area contributed by atoms with Crippen molar-refractivity contribution in [2.24, 2.45) is 0 Å². The average Bonchev–Trinajstić information content (AvgIpc) is 3.38. The van der Waals surface area contributed by atoms with E-state index in [9.17, 15) is 4.79 Å². The van der Waals surface area contributed by atoms with Gasteiger partial charge < -0.3 is 20.2 Å². The summed E-state index contributed by atoms with van der Waals surface area (Å²) in [6.07, 6.45) is 0. The van der Waals surface area contributed by atoms with Crippen molar-refractivity contribution in [1.29, 1.82) is 0 Å². The molecule has 1 amide bonds. The number of hydrogen-bond donors (Lipinski definition) is 4. The SMILES string of the molecule is COc1c(C(=O)Nc2ccc(COCc3ccccc3)cc2)cccc1-c1ccc2c(n1)NNN2.[HH].[HH]. The van der Waals surface area contributed by atoms with E-state index in [1.54, 1.807) is 13.2 Å². The highest BCUT2D eigenvalue weighted by Gasteiger charge is 2.19. The van der Waals surface area contributed by atoms with Crippen LogP contribution in [0.15, 0.2) is 84.9 Å². The topological polar surface area (TPSA) is 96.5 Å². The molecule has 0 bridgehead atoms. The highest BCUT2D eigenvalue weighted by Crippen LogP contribution is 2.35. The molecule has 0 saturated heterocycles. The first-order valence-corrected chi connectivity index (χ1v) is 11.2. The largest absolute Gasteiger partial charge is 0.495 e. The summed E-state index contributed by atoms with van der Waals surface area (Å²) >= 11 is 0. The number of benzene rings is 3. The van der Waals surface area contributed by atoms with E-state index in [4.69, 9.17) is 9.47 Å². The third-order valence-electron chi connectivity index (χ3n) is 5.61. The number of fused-ring (bicyclic) bond motifs is 1. The van der Waals surface area contributed by atoms with Crippen LogP contribution < -0.4 is 26.4 Å². The number of rotatable bonds is 8. The second kappa shape index (κ2) is 10.3. The summed E-state index contributed by atoms with van der Waals surface area (Å²) in [6, 6.07) is 26.9. The molecule has 5 rings (SSSR count). The van der Waals surface area contributed by atoms with Crippen molar-refractivity contribution < 1.29 is 17.1 Å². The fraction of sp³-hybridized carbons (Fsp3) is 0.111. The first-order valence-electron chi connectivity index (χ1n) is 11.2. The van der Waals surface area contributed by atoms with Crippen LogP contribution in [0, 0.1) is 0 Å². The Kier molecular flexibility index (Phi) is 6.56. The minimum atomic E-state index is -0.264. The number of aromatic nitrogens is 1. The molecule has 4 N–H and O–H groups in total. The van der Waals surface area contributed by atoms with E-state index >= 15 is 0 Å². The standard InChI is InChI=1S/C27H25N5O3.2H2/c1-34-25-21(23-14-15-24-26(29-23)31-32-30-24)8-5-9-22(25)27(33)28-20-12-10-19(11-13-20)17-35-16-18-6-3-2-4-7-18;;/h2-15,30,32H,16-17H2,1H3,(H,28,33)(H,29,31);2*1H. The smallest absolute Gasteiger partial charge is 0.259 e. The number of carbonyl (C=O) groups is 1. The van der Waals surface area contributed by atoms with Gasteiger partial charge in [0.05, 0.1) is 37.3 Å². The predicted octanol–water partition coefficient (Wildman–Crippen LogP) is 5.48. The van der Waals surface area contributed by atoms with Gasteiger partial charge in [0.1, 0.15) is 5.75 Å². The van der Waals surface area contributed by atoms with Gasteiger partial charge in [-0.1, -0.05) is 48.5 Å². The molecule has 8 heteroatoms. The molecule has 0 fully saturated rings. The zero-order valence-corrected chi connectivity index (χ0v) is 19.2. The summed E-state index contributed by atoms with van der Waals surface area (Å²) in [6.45, 7) is 1.05. The third-order valence-corrected chi connectivity index (χ3v) is 5.61. The van der Waals surface area contributed by atoms with Gasteiger partial charge in [-0.05, 0) is 47.5 Å². The molecule has 1 aromatic heterocycles. The van der Waals surface area contributed by atoms with Crippen molar-refractivity contribution >= 4 is 23.1 Å². The van der Waals surface area contributed by atoms with E-state index < -0.39 is 0 Å². The molecule has 180 valence electrons. The highest BCUT2D eigenvalue weighted by atomic mass is 16.5. The number of nitrogens with one attached hydrogen (secondary N) is 4. The fourth-order valence-corrected chi connectivity index (χ4v) is 3.84. The molecule has 0 spiro atoms. The molecule has 0 aliphatic carbocycles. The summed E-state index contributed by atoms with van der Waals surface area (Å²) in [4.78, 5) is 17.7. The number of nitrogens with zero attached hydrogens (tertiary/aromatic N) is 1. The lowest BCUT2D eigenvalue weighted by Gasteiger charge is -2.14. The molecule has 3 aromatic carbocycles. The summed E-state index contributed by atoms with van der Waals surface area (Å²) < 4.78 is 11.4. The maximum atomic E-state index is 13.1. The normalized spacial score (nSPS) is 11.8. The van der Waals surface area contributed by atoms with Crippen molar-refractivity contribution in [2.75, 3.05) is 23.3 Å². The molecule has 0 saturated carbocycles. The zero-order valence-electron chi connectivity index (χ0n) is 19.2. The van der Waals surface area contributed by atoms with Gasteiger partial charge in [-0.2, -0.15) is 0 Å². The van der Waals surface area contributed by atoms with Crippen molar-refractivity contribution in [3.63, 3.8) is 0 Å². The van der Waals surface area contributed by atoms with E-state index in [1.807, 2.05) is 78.9 Å². The van der Waals surface area contributed by atoms with E-state index in [0.29, 0.717) is 41.7 Å². The van der Waals surface area contributed by atoms with Gasteiger partial charge in [0.15, 0.2) is 5.82 Å². The van der Waals surface area contributed by atoms with Gasteiger partial charge in [-0.15, -0.1) is 5.53 Å². The number of anilines is 3. The van der Waals surface area contributed by atoms with Gasteiger partial charge in [0.25, 0.3) is 5.91 Å². The molecule has 2 heterocycles. The average molecular weight is 472 g/mol. The quantitative estimate of drug-likeness (QED) is 0.270. The van der Waals surface area contributed by atoms with E-state index in [2.05, 4.69) is 26.7 Å². The maximum absolute atomic E-state index is 13.1. The van der Waals surface area contributed by atoms with Crippen LogP contribution in [-0.4, -0.2) is 18.0 Å². The third kappa shape index (κ3) is 5.08. The number of hydrazine groups is 2. The van der Waals surface area contributed by atoms with Gasteiger partial charge in [-0.3, -0.25) is 10.2 Å². The molecule has 0 unspecified atom stereocenters. The Labute approximate surface area is 206 Å². The second-order valence-electron chi connectivity index (χ2n) is 7.98. The van der Waals surface area contributed by atoms with E-state index in [1.165, 1.54) is 0 Å². The lowest BCUT2D eigenvalue weighted by atomic mass is 10.0. The number of amides is 1. The summed E-state index contributed by atoms with van der Waals surface area (Å²) in [5.41, 5.74) is 14.2. The number of ether oxygens (including phenoxy) is 2. The Morgan fingerprint density at radius 3 is 2.43 bits per heavy atom. The second-order valence-corrected chi connectivity index (χ2v) is 7.98. The Bertz CT molecular complexity index is 1340. The Balaban J connectivity index is 0.00000190. The van der Waals surface area contributed by atoms with Crippen molar-refractivity contribution in [3.8, 4) is 17.0 Å². The molecular weight excluding hydrogens is 442 g/mol. The minimum absolute atomic E-state index is 0. The predicted molar refractivity (Wildman–Crippen MR) is 140 cm³/mol. The summed E-state index contributed by atoms with van der Waals surface area (Å²) in [7, 11) is 1.55. The number of para-hydroxylation sites is 1.